The molecule has 16 heavy (non-hydrogen) atoms. The van der Waals surface area contributed by atoms with Crippen molar-refractivity contribution < 1.29 is 13.2 Å². The third-order valence-electron chi connectivity index (χ3n) is 2.27. The van der Waals surface area contributed by atoms with Crippen LogP contribution in [-0.2, 0) is 6.18 Å². The van der Waals surface area contributed by atoms with Crippen LogP contribution >= 0.6 is 11.3 Å². The molecule has 0 nitrogen and oxygen atoms in total. The van der Waals surface area contributed by atoms with E-state index in [1.54, 1.807) is 30.5 Å². The van der Waals surface area contributed by atoms with E-state index in [-0.39, 0.29) is 5.56 Å². The Morgan fingerprint density at radius 2 is 1.88 bits per heavy atom. The molecule has 0 aliphatic carbocycles. The van der Waals surface area contributed by atoms with Gasteiger partial charge in [-0.05, 0) is 24.4 Å². The van der Waals surface area contributed by atoms with Gasteiger partial charge in [0.05, 0.1) is 5.56 Å². The number of alkyl halides is 3. The highest BCUT2D eigenvalue weighted by atomic mass is 32.1. The van der Waals surface area contributed by atoms with E-state index < -0.39 is 11.7 Å². The van der Waals surface area contributed by atoms with Gasteiger partial charge in [0.2, 0.25) is 0 Å². The largest absolute Gasteiger partial charge is 0.417 e. The lowest BCUT2D eigenvalue weighted by atomic mass is 10.0. The van der Waals surface area contributed by atoms with Gasteiger partial charge < -0.3 is 0 Å². The molecule has 1 heterocycles. The van der Waals surface area contributed by atoms with E-state index in [0.29, 0.717) is 10.4 Å². The van der Waals surface area contributed by atoms with Gasteiger partial charge in [-0.3, -0.25) is 0 Å². The second kappa shape index (κ2) is 3.94. The summed E-state index contributed by atoms with van der Waals surface area (Å²) in [4.78, 5) is 0.646. The first-order chi connectivity index (χ1) is 7.48. The third-order valence-corrected chi connectivity index (χ3v) is 3.17. The molecule has 0 unspecified atom stereocenters. The van der Waals surface area contributed by atoms with Crippen molar-refractivity contribution in [1.82, 2.24) is 0 Å². The van der Waals surface area contributed by atoms with Crippen LogP contribution in [0.25, 0.3) is 10.4 Å². The molecule has 0 saturated heterocycles. The van der Waals surface area contributed by atoms with Gasteiger partial charge in [0.15, 0.2) is 0 Å². The fourth-order valence-corrected chi connectivity index (χ4v) is 2.31. The summed E-state index contributed by atoms with van der Waals surface area (Å²) in [5.41, 5.74) is 0.315. The average molecular weight is 242 g/mol. The molecular formula is C12H9F3S. The molecule has 0 radical (unpaired) electrons. The highest BCUT2D eigenvalue weighted by Crippen LogP contribution is 2.38. The minimum Gasteiger partial charge on any atom is -0.166 e. The molecule has 0 saturated carbocycles. The lowest BCUT2D eigenvalue weighted by Crippen LogP contribution is -2.07. The molecule has 0 fully saturated rings. The zero-order valence-electron chi connectivity index (χ0n) is 8.51. The van der Waals surface area contributed by atoms with E-state index in [9.17, 15) is 13.2 Å². The molecule has 84 valence electrons. The second-order valence-corrected chi connectivity index (χ2v) is 4.47. The first kappa shape index (κ1) is 11.2. The van der Waals surface area contributed by atoms with Crippen LogP contribution in [0, 0.1) is 6.92 Å². The van der Waals surface area contributed by atoms with Gasteiger partial charge in [0, 0.05) is 10.4 Å². The number of aryl methyl sites for hydroxylation is 1. The summed E-state index contributed by atoms with van der Waals surface area (Å²) in [7, 11) is 0. The monoisotopic (exact) mass is 242 g/mol. The van der Waals surface area contributed by atoms with E-state index >= 15 is 0 Å². The topological polar surface area (TPSA) is 0 Å². The highest BCUT2D eigenvalue weighted by Gasteiger charge is 2.33. The van der Waals surface area contributed by atoms with Crippen LogP contribution in [0.4, 0.5) is 13.2 Å². The maximum atomic E-state index is 12.8. The zero-order valence-corrected chi connectivity index (χ0v) is 9.32. The van der Waals surface area contributed by atoms with Crippen molar-refractivity contribution in [2.45, 2.75) is 13.1 Å². The van der Waals surface area contributed by atoms with Crippen molar-refractivity contribution in [2.75, 3.05) is 0 Å². The number of hydrogen-bond acceptors (Lipinski definition) is 1. The summed E-state index contributed by atoms with van der Waals surface area (Å²) >= 11 is 1.31. The van der Waals surface area contributed by atoms with Crippen LogP contribution in [0.5, 0.6) is 0 Å². The van der Waals surface area contributed by atoms with Gasteiger partial charge in [0.25, 0.3) is 0 Å². The summed E-state index contributed by atoms with van der Waals surface area (Å²) in [5, 5.41) is 1.77. The lowest BCUT2D eigenvalue weighted by Gasteiger charge is -2.12. The maximum absolute atomic E-state index is 12.8. The molecule has 0 spiro atoms. The number of hydrogen-bond donors (Lipinski definition) is 0. The quantitative estimate of drug-likeness (QED) is 0.677. The maximum Gasteiger partial charge on any atom is 0.417 e. The predicted octanol–water partition coefficient (Wildman–Crippen LogP) is 4.74. The molecule has 0 amide bonds. The SMILES string of the molecule is Cc1ccc(-c2cccs2)c(C(F)(F)F)c1. The number of rotatable bonds is 1. The summed E-state index contributed by atoms with van der Waals surface area (Å²) in [6.07, 6.45) is -4.30. The van der Waals surface area contributed by atoms with Crippen molar-refractivity contribution in [3.05, 3.63) is 46.8 Å². The van der Waals surface area contributed by atoms with Gasteiger partial charge in [-0.1, -0.05) is 23.8 Å². The van der Waals surface area contributed by atoms with Crippen LogP contribution in [0.3, 0.4) is 0 Å². The van der Waals surface area contributed by atoms with Crippen molar-refractivity contribution in [1.29, 1.82) is 0 Å². The minimum atomic E-state index is -4.30. The van der Waals surface area contributed by atoms with Gasteiger partial charge in [-0.15, -0.1) is 11.3 Å². The highest BCUT2D eigenvalue weighted by molar-refractivity contribution is 7.13. The van der Waals surface area contributed by atoms with Crippen molar-refractivity contribution in [3.63, 3.8) is 0 Å². The van der Waals surface area contributed by atoms with Gasteiger partial charge >= 0.3 is 6.18 Å². The molecule has 4 heteroatoms. The molecular weight excluding hydrogens is 233 g/mol. The third kappa shape index (κ3) is 2.11. The molecule has 0 aliphatic heterocycles. The van der Waals surface area contributed by atoms with E-state index in [1.807, 2.05) is 0 Å². The molecule has 0 bridgehead atoms. The zero-order chi connectivity index (χ0) is 11.8. The fraction of sp³-hybridized carbons (Fsp3) is 0.167. The number of benzene rings is 1. The smallest absolute Gasteiger partial charge is 0.166 e. The first-order valence-electron chi connectivity index (χ1n) is 4.70. The van der Waals surface area contributed by atoms with E-state index in [4.69, 9.17) is 0 Å². The van der Waals surface area contributed by atoms with E-state index in [0.717, 1.165) is 0 Å². The van der Waals surface area contributed by atoms with Crippen molar-refractivity contribution in [3.8, 4) is 10.4 Å². The van der Waals surface area contributed by atoms with Gasteiger partial charge in [0.1, 0.15) is 0 Å². The average Bonchev–Trinajstić information content (AvgIpc) is 2.69. The fourth-order valence-electron chi connectivity index (χ4n) is 1.54. The number of thiophene rings is 1. The Kier molecular flexibility index (Phi) is 2.76. The molecule has 1 aromatic carbocycles. The van der Waals surface area contributed by atoms with Crippen LogP contribution in [0.15, 0.2) is 35.7 Å². The van der Waals surface area contributed by atoms with Crippen molar-refractivity contribution >= 4 is 11.3 Å². The standard InChI is InChI=1S/C12H9F3S/c1-8-4-5-9(11-3-2-6-16-11)10(7-8)12(13,14)15/h2-7H,1H3. The Morgan fingerprint density at radius 1 is 1.12 bits per heavy atom. The Morgan fingerprint density at radius 3 is 2.44 bits per heavy atom. The molecule has 0 N–H and O–H groups in total. The summed E-state index contributed by atoms with van der Waals surface area (Å²) in [6.45, 7) is 1.66. The van der Waals surface area contributed by atoms with E-state index in [1.165, 1.54) is 23.5 Å². The Hall–Kier alpha value is -1.29. The molecule has 2 aromatic rings. The Bertz CT molecular complexity index is 483. The van der Waals surface area contributed by atoms with Crippen molar-refractivity contribution in [2.24, 2.45) is 0 Å². The Labute approximate surface area is 95.4 Å². The summed E-state index contributed by atoms with van der Waals surface area (Å²) < 4.78 is 38.5. The first-order valence-corrected chi connectivity index (χ1v) is 5.58. The van der Waals surface area contributed by atoms with Crippen LogP contribution in [-0.4, -0.2) is 0 Å². The summed E-state index contributed by atoms with van der Waals surface area (Å²) in [5.74, 6) is 0. The molecule has 0 atom stereocenters. The predicted molar refractivity (Wildman–Crippen MR) is 59.5 cm³/mol. The second-order valence-electron chi connectivity index (χ2n) is 3.52. The van der Waals surface area contributed by atoms with Gasteiger partial charge in [-0.2, -0.15) is 13.2 Å². The lowest BCUT2D eigenvalue weighted by molar-refractivity contribution is -0.137. The Balaban J connectivity index is 2.62. The normalized spacial score (nSPS) is 11.8. The summed E-state index contributed by atoms with van der Waals surface area (Å²) in [6, 6.07) is 7.87. The van der Waals surface area contributed by atoms with E-state index in [2.05, 4.69) is 0 Å². The van der Waals surface area contributed by atoms with Crippen LogP contribution in [0.1, 0.15) is 11.1 Å². The minimum absolute atomic E-state index is 0.258. The molecule has 0 aliphatic rings. The molecule has 2 rings (SSSR count). The number of halogens is 3. The van der Waals surface area contributed by atoms with Crippen LogP contribution in [0.2, 0.25) is 0 Å². The van der Waals surface area contributed by atoms with Crippen LogP contribution < -0.4 is 0 Å². The van der Waals surface area contributed by atoms with Gasteiger partial charge in [-0.25, -0.2) is 0 Å². The molecule has 1 aromatic heterocycles.